The fourth-order valence-corrected chi connectivity index (χ4v) is 0.170. The largest absolute Gasteiger partial charge is 0.408 e. The third kappa shape index (κ3) is 2.94. The van der Waals surface area contributed by atoms with Crippen LogP contribution in [0.15, 0.2) is 0 Å². The zero-order chi connectivity index (χ0) is 7.49. The van der Waals surface area contributed by atoms with Gasteiger partial charge in [0.1, 0.15) is 6.04 Å². The Hall–Kier alpha value is -0.740. The van der Waals surface area contributed by atoms with Gasteiger partial charge in [-0.1, -0.05) is 0 Å². The van der Waals surface area contributed by atoms with Gasteiger partial charge in [0.2, 0.25) is 0 Å². The monoisotopic (exact) mass is 140 g/mol. The van der Waals surface area contributed by atoms with Crippen LogP contribution in [0, 0.1) is 0 Å². The quantitative estimate of drug-likeness (QED) is 0.559. The van der Waals surface area contributed by atoms with E-state index in [1.165, 1.54) is 5.32 Å². The van der Waals surface area contributed by atoms with Crippen molar-refractivity contribution in [2.24, 2.45) is 0 Å². The Morgan fingerprint density at radius 3 is 2.11 bits per heavy atom. The Morgan fingerprint density at radius 1 is 1.56 bits per heavy atom. The van der Waals surface area contributed by atoms with Crippen LogP contribution in [0.2, 0.25) is 0 Å². The topological polar surface area (TPSA) is 29.1 Å². The lowest BCUT2D eigenvalue weighted by Crippen LogP contribution is -2.38. The van der Waals surface area contributed by atoms with Gasteiger partial charge in [0.25, 0.3) is 0 Å². The van der Waals surface area contributed by atoms with Crippen LogP contribution in [0.3, 0.4) is 0 Å². The maximum absolute atomic E-state index is 11.4. The second-order valence-corrected chi connectivity index (χ2v) is 1.51. The van der Waals surface area contributed by atoms with E-state index >= 15 is 0 Å². The van der Waals surface area contributed by atoms with Crippen LogP contribution in [0.5, 0.6) is 0 Å². The molecule has 1 radical (unpaired) electrons. The van der Waals surface area contributed by atoms with Gasteiger partial charge in [-0.2, -0.15) is 13.2 Å². The summed E-state index contributed by atoms with van der Waals surface area (Å²) in [6.07, 6.45) is -3.41. The SMILES string of the molecule is C[C@H](N[C]=O)C(F)(F)F. The third-order valence-corrected chi connectivity index (χ3v) is 0.766. The highest BCUT2D eigenvalue weighted by molar-refractivity contribution is 5.47. The summed E-state index contributed by atoms with van der Waals surface area (Å²) in [5.41, 5.74) is 0. The first kappa shape index (κ1) is 8.26. The zero-order valence-electron chi connectivity index (χ0n) is 4.62. The van der Waals surface area contributed by atoms with Crippen molar-refractivity contribution in [1.29, 1.82) is 0 Å². The fourth-order valence-electron chi connectivity index (χ4n) is 0.170. The second-order valence-electron chi connectivity index (χ2n) is 1.51. The third-order valence-electron chi connectivity index (χ3n) is 0.766. The Labute approximate surface area is 50.0 Å². The van der Waals surface area contributed by atoms with Crippen molar-refractivity contribution in [3.63, 3.8) is 0 Å². The molecule has 0 heterocycles. The van der Waals surface area contributed by atoms with E-state index in [9.17, 15) is 18.0 Å². The molecule has 0 aliphatic rings. The maximum Gasteiger partial charge on any atom is 0.408 e. The molecule has 0 aromatic carbocycles. The summed E-state index contributed by atoms with van der Waals surface area (Å²) < 4.78 is 34.2. The molecule has 1 N–H and O–H groups in total. The van der Waals surface area contributed by atoms with Crippen LogP contribution in [0.4, 0.5) is 13.2 Å². The van der Waals surface area contributed by atoms with E-state index in [0.717, 1.165) is 13.3 Å². The summed E-state index contributed by atoms with van der Waals surface area (Å²) in [4.78, 5) is 9.33. The van der Waals surface area contributed by atoms with Gasteiger partial charge in [-0.15, -0.1) is 0 Å². The normalized spacial score (nSPS) is 14.7. The molecule has 0 spiro atoms. The number of hydrogen-bond acceptors (Lipinski definition) is 1. The number of carbonyl (C=O) groups excluding carboxylic acids is 1. The van der Waals surface area contributed by atoms with Crippen LogP contribution in [0.25, 0.3) is 0 Å². The number of halogens is 3. The average molecular weight is 140 g/mol. The molecule has 0 bridgehead atoms. The maximum atomic E-state index is 11.4. The minimum absolute atomic E-state index is 0.838. The van der Waals surface area contributed by atoms with E-state index in [-0.39, 0.29) is 0 Å². The highest BCUT2D eigenvalue weighted by atomic mass is 19.4. The molecule has 0 fully saturated rings. The molecule has 0 saturated heterocycles. The van der Waals surface area contributed by atoms with Crippen molar-refractivity contribution < 1.29 is 18.0 Å². The zero-order valence-corrected chi connectivity index (χ0v) is 4.62. The molecular weight excluding hydrogens is 135 g/mol. The lowest BCUT2D eigenvalue weighted by atomic mass is 10.3. The first-order valence-electron chi connectivity index (χ1n) is 2.18. The van der Waals surface area contributed by atoms with Crippen molar-refractivity contribution in [1.82, 2.24) is 5.32 Å². The van der Waals surface area contributed by atoms with Crippen molar-refractivity contribution >= 4 is 6.41 Å². The average Bonchev–Trinajstić information content (AvgIpc) is 1.64. The molecule has 1 atom stereocenters. The van der Waals surface area contributed by atoms with Crippen molar-refractivity contribution in [2.45, 2.75) is 19.1 Å². The molecule has 0 unspecified atom stereocenters. The molecule has 0 aromatic heterocycles. The van der Waals surface area contributed by atoms with E-state index < -0.39 is 12.2 Å². The van der Waals surface area contributed by atoms with Crippen LogP contribution >= 0.6 is 0 Å². The predicted molar refractivity (Wildman–Crippen MR) is 24.3 cm³/mol. The first-order chi connectivity index (χ1) is 3.98. The van der Waals surface area contributed by atoms with Gasteiger partial charge in [-0.05, 0) is 6.92 Å². The number of hydrogen-bond donors (Lipinski definition) is 1. The van der Waals surface area contributed by atoms with Crippen LogP contribution < -0.4 is 5.32 Å². The lowest BCUT2D eigenvalue weighted by molar-refractivity contribution is -0.147. The van der Waals surface area contributed by atoms with Crippen molar-refractivity contribution in [2.75, 3.05) is 0 Å². The molecule has 2 nitrogen and oxygen atoms in total. The molecule has 0 aliphatic heterocycles. The molecule has 0 rings (SSSR count). The summed E-state index contributed by atoms with van der Waals surface area (Å²) in [6, 6.07) is -1.81. The summed E-state index contributed by atoms with van der Waals surface area (Å²) in [5.74, 6) is 0. The van der Waals surface area contributed by atoms with Gasteiger partial charge in [0, 0.05) is 0 Å². The van der Waals surface area contributed by atoms with E-state index in [1.807, 2.05) is 0 Å². The Balaban J connectivity index is 3.72. The molecule has 9 heavy (non-hydrogen) atoms. The predicted octanol–water partition coefficient (Wildman–Crippen LogP) is 0.594. The summed E-state index contributed by atoms with van der Waals surface area (Å²) in [7, 11) is 0. The fraction of sp³-hybridized carbons (Fsp3) is 0.750. The molecule has 53 valence electrons. The van der Waals surface area contributed by atoms with Crippen LogP contribution in [0.1, 0.15) is 6.92 Å². The smallest absolute Gasteiger partial charge is 0.336 e. The number of rotatable bonds is 2. The Bertz CT molecular complexity index is 100. The second kappa shape index (κ2) is 2.70. The number of amides is 1. The van der Waals surface area contributed by atoms with E-state index in [1.54, 1.807) is 0 Å². The molecule has 0 aromatic rings. The summed E-state index contributed by atoms with van der Waals surface area (Å²) in [6.45, 7) is 0.838. The highest BCUT2D eigenvalue weighted by Crippen LogP contribution is 2.18. The summed E-state index contributed by atoms with van der Waals surface area (Å²) >= 11 is 0. The van der Waals surface area contributed by atoms with Crippen molar-refractivity contribution in [3.8, 4) is 0 Å². The summed E-state index contributed by atoms with van der Waals surface area (Å²) in [5, 5.41) is 1.45. The van der Waals surface area contributed by atoms with Gasteiger partial charge in [0.15, 0.2) is 0 Å². The van der Waals surface area contributed by atoms with E-state index in [0.29, 0.717) is 0 Å². The van der Waals surface area contributed by atoms with Gasteiger partial charge < -0.3 is 5.32 Å². The minimum atomic E-state index is -4.36. The molecule has 5 heteroatoms. The number of alkyl halides is 3. The van der Waals surface area contributed by atoms with Crippen LogP contribution in [-0.2, 0) is 4.79 Å². The Kier molecular flexibility index (Phi) is 2.48. The van der Waals surface area contributed by atoms with Crippen molar-refractivity contribution in [3.05, 3.63) is 0 Å². The van der Waals surface area contributed by atoms with E-state index in [2.05, 4.69) is 0 Å². The molecule has 0 saturated carbocycles. The first-order valence-corrected chi connectivity index (χ1v) is 2.18. The molecule has 0 aliphatic carbocycles. The van der Waals surface area contributed by atoms with Gasteiger partial charge >= 0.3 is 12.6 Å². The highest BCUT2D eigenvalue weighted by Gasteiger charge is 2.35. The van der Waals surface area contributed by atoms with Gasteiger partial charge in [-0.25, -0.2) is 0 Å². The lowest BCUT2D eigenvalue weighted by Gasteiger charge is -2.12. The molecule has 1 amide bonds. The number of nitrogens with one attached hydrogen (secondary N) is 1. The van der Waals surface area contributed by atoms with Crippen LogP contribution in [-0.4, -0.2) is 18.6 Å². The Morgan fingerprint density at radius 2 is 2.00 bits per heavy atom. The molecular formula is C4H5F3NO. The minimum Gasteiger partial charge on any atom is -0.336 e. The van der Waals surface area contributed by atoms with Gasteiger partial charge in [-0.3, -0.25) is 4.79 Å². The van der Waals surface area contributed by atoms with E-state index in [4.69, 9.17) is 0 Å². The van der Waals surface area contributed by atoms with Gasteiger partial charge in [0.05, 0.1) is 0 Å². The standard InChI is InChI=1S/C4H5F3NO/c1-3(8-2-9)4(5,6)7/h3H,1H3,(H,8,9)/t3-/m0/s1.